The van der Waals surface area contributed by atoms with Crippen molar-refractivity contribution in [1.82, 2.24) is 4.57 Å². The van der Waals surface area contributed by atoms with Gasteiger partial charge in [0.15, 0.2) is 4.80 Å². The van der Waals surface area contributed by atoms with Gasteiger partial charge in [-0.2, -0.15) is 0 Å². The van der Waals surface area contributed by atoms with E-state index >= 15 is 0 Å². The molecule has 0 bridgehead atoms. The van der Waals surface area contributed by atoms with Gasteiger partial charge in [-0.05, 0) is 108 Å². The molecular formula is C33H29I2N3O7S. The Balaban J connectivity index is 1.56. The van der Waals surface area contributed by atoms with Gasteiger partial charge in [0.2, 0.25) is 0 Å². The van der Waals surface area contributed by atoms with Gasteiger partial charge in [-0.3, -0.25) is 19.5 Å². The highest BCUT2D eigenvalue weighted by Gasteiger charge is 2.35. The molecule has 1 aliphatic heterocycles. The lowest BCUT2D eigenvalue weighted by atomic mass is 9.95. The van der Waals surface area contributed by atoms with Crippen LogP contribution in [0.15, 0.2) is 81.7 Å². The summed E-state index contributed by atoms with van der Waals surface area (Å²) in [6, 6.07) is 16.7. The Morgan fingerprint density at radius 3 is 2.52 bits per heavy atom. The number of non-ortho nitro benzene ring substituents is 1. The van der Waals surface area contributed by atoms with E-state index in [9.17, 15) is 19.7 Å². The average Bonchev–Trinajstić information content (AvgIpc) is 3.30. The minimum absolute atomic E-state index is 0.00468. The van der Waals surface area contributed by atoms with Crippen molar-refractivity contribution in [2.24, 2.45) is 4.99 Å². The normalized spacial score (nSPS) is 14.6. The van der Waals surface area contributed by atoms with Gasteiger partial charge in [0.05, 0.1) is 40.6 Å². The van der Waals surface area contributed by atoms with Crippen LogP contribution in [-0.2, 0) is 16.1 Å². The van der Waals surface area contributed by atoms with Crippen LogP contribution in [0.4, 0.5) is 5.69 Å². The van der Waals surface area contributed by atoms with Crippen molar-refractivity contribution in [1.29, 1.82) is 0 Å². The second-order valence-electron chi connectivity index (χ2n) is 10.5. The highest BCUT2D eigenvalue weighted by Crippen LogP contribution is 2.36. The van der Waals surface area contributed by atoms with E-state index in [0.29, 0.717) is 37.7 Å². The number of hydrogen-bond donors (Lipinski definition) is 0. The van der Waals surface area contributed by atoms with Crippen LogP contribution in [0, 0.1) is 17.3 Å². The molecular weight excluding hydrogens is 836 g/mol. The number of aromatic nitrogens is 1. The number of fused-ring (bicyclic) bond motifs is 1. The van der Waals surface area contributed by atoms with Crippen molar-refractivity contribution < 1.29 is 23.9 Å². The number of halogens is 2. The quantitative estimate of drug-likeness (QED) is 0.0797. The summed E-state index contributed by atoms with van der Waals surface area (Å²) in [5, 5.41) is 11.1. The van der Waals surface area contributed by atoms with Crippen molar-refractivity contribution in [3.05, 3.63) is 126 Å². The van der Waals surface area contributed by atoms with Crippen LogP contribution < -0.4 is 24.4 Å². The molecule has 0 N–H and O–H groups in total. The predicted octanol–water partition coefficient (Wildman–Crippen LogP) is 6.28. The van der Waals surface area contributed by atoms with Crippen molar-refractivity contribution in [2.75, 3.05) is 6.61 Å². The van der Waals surface area contributed by atoms with Gasteiger partial charge < -0.3 is 14.2 Å². The van der Waals surface area contributed by atoms with E-state index in [1.165, 1.54) is 23.5 Å². The SMILES string of the molecule is CCOC(=O)C1=C(C)N=c2s/c(=C/c3cc(I)c(OCc4cccc([N+](=O)[O-])c4)c(I)c3)c(=O)n2[C@H]1c1ccccc1OC(C)C. The number of thiazole rings is 1. The van der Waals surface area contributed by atoms with Gasteiger partial charge >= 0.3 is 5.97 Å². The first-order chi connectivity index (χ1) is 22.0. The number of ether oxygens (including phenoxy) is 3. The van der Waals surface area contributed by atoms with Crippen molar-refractivity contribution >= 4 is 74.3 Å². The number of nitro groups is 1. The van der Waals surface area contributed by atoms with E-state index in [2.05, 4.69) is 50.2 Å². The zero-order chi connectivity index (χ0) is 33.1. The topological polar surface area (TPSA) is 122 Å². The van der Waals surface area contributed by atoms with Crippen LogP contribution in [0.5, 0.6) is 11.5 Å². The maximum atomic E-state index is 14.1. The lowest BCUT2D eigenvalue weighted by Crippen LogP contribution is -2.40. The number of esters is 1. The smallest absolute Gasteiger partial charge is 0.338 e. The number of benzene rings is 3. The summed E-state index contributed by atoms with van der Waals surface area (Å²) in [4.78, 5) is 43.3. The number of allylic oxidation sites excluding steroid dienone is 1. The summed E-state index contributed by atoms with van der Waals surface area (Å²) < 4.78 is 21.2. The van der Waals surface area contributed by atoms with Crippen LogP contribution in [0.2, 0.25) is 0 Å². The lowest BCUT2D eigenvalue weighted by Gasteiger charge is -2.26. The predicted molar refractivity (Wildman–Crippen MR) is 192 cm³/mol. The zero-order valence-electron chi connectivity index (χ0n) is 25.3. The van der Waals surface area contributed by atoms with Crippen LogP contribution >= 0.6 is 56.5 Å². The summed E-state index contributed by atoms with van der Waals surface area (Å²) in [5.74, 6) is 0.674. The van der Waals surface area contributed by atoms with Gasteiger partial charge in [-0.25, -0.2) is 9.79 Å². The van der Waals surface area contributed by atoms with Crippen molar-refractivity contribution in [2.45, 2.75) is 46.4 Å². The molecule has 0 fully saturated rings. The lowest BCUT2D eigenvalue weighted by molar-refractivity contribution is -0.384. The zero-order valence-corrected chi connectivity index (χ0v) is 30.4. The highest BCUT2D eigenvalue weighted by molar-refractivity contribution is 14.1. The molecule has 10 nitrogen and oxygen atoms in total. The molecule has 0 unspecified atom stereocenters. The molecule has 4 aromatic rings. The molecule has 0 aliphatic carbocycles. The average molecular weight is 865 g/mol. The molecule has 0 saturated heterocycles. The molecule has 3 aromatic carbocycles. The van der Waals surface area contributed by atoms with Gasteiger partial charge in [0.1, 0.15) is 24.1 Å². The Morgan fingerprint density at radius 2 is 1.85 bits per heavy atom. The molecule has 1 atom stereocenters. The van der Waals surface area contributed by atoms with Crippen LogP contribution in [0.1, 0.15) is 50.4 Å². The fourth-order valence-electron chi connectivity index (χ4n) is 5.02. The first kappa shape index (κ1) is 33.8. The number of rotatable bonds is 10. The number of carbonyl (C=O) groups excluding carboxylic acids is 1. The monoisotopic (exact) mass is 865 g/mol. The Hall–Kier alpha value is -3.57. The Kier molecular flexibility index (Phi) is 10.6. The van der Waals surface area contributed by atoms with Gasteiger partial charge in [-0.1, -0.05) is 41.7 Å². The van der Waals surface area contributed by atoms with E-state index in [0.717, 1.165) is 12.7 Å². The fourth-order valence-corrected chi connectivity index (χ4v) is 8.20. The van der Waals surface area contributed by atoms with Crippen molar-refractivity contribution in [3.8, 4) is 11.5 Å². The summed E-state index contributed by atoms with van der Waals surface area (Å²) in [7, 11) is 0. The van der Waals surface area contributed by atoms with E-state index in [4.69, 9.17) is 14.2 Å². The summed E-state index contributed by atoms with van der Waals surface area (Å²) >= 11 is 5.59. The Bertz CT molecular complexity index is 2030. The van der Waals surface area contributed by atoms with E-state index in [1.807, 2.05) is 50.2 Å². The van der Waals surface area contributed by atoms with E-state index in [-0.39, 0.29) is 36.1 Å². The van der Waals surface area contributed by atoms with Crippen LogP contribution in [0.3, 0.4) is 0 Å². The van der Waals surface area contributed by atoms with Crippen molar-refractivity contribution in [3.63, 3.8) is 0 Å². The number of carbonyl (C=O) groups is 1. The number of hydrogen-bond acceptors (Lipinski definition) is 9. The molecule has 1 aliphatic rings. The molecule has 238 valence electrons. The van der Waals surface area contributed by atoms with Gasteiger partial charge in [0.25, 0.3) is 11.2 Å². The van der Waals surface area contributed by atoms with E-state index < -0.39 is 16.9 Å². The minimum atomic E-state index is -0.794. The molecule has 0 saturated carbocycles. The molecule has 2 heterocycles. The first-order valence-electron chi connectivity index (χ1n) is 14.3. The third kappa shape index (κ3) is 7.20. The highest BCUT2D eigenvalue weighted by atomic mass is 127. The standard InChI is InChI=1S/C33H29I2N3O7S/c1-5-43-32(40)28-19(4)36-33-37(29(28)23-11-6-7-12-26(23)45-18(2)3)31(39)27(46-33)16-21-14-24(34)30(25(35)15-21)44-17-20-9-8-10-22(13-20)38(41)42/h6-16,18,29H,5,17H2,1-4H3/b27-16+/t29-/m0/s1. The maximum absolute atomic E-state index is 14.1. The van der Waals surface area contributed by atoms with Gasteiger partial charge in [-0.15, -0.1) is 0 Å². The van der Waals surface area contributed by atoms with Crippen LogP contribution in [0.25, 0.3) is 6.08 Å². The third-order valence-corrected chi connectivity index (χ3v) is 9.50. The summed E-state index contributed by atoms with van der Waals surface area (Å²) in [6.07, 6.45) is 1.67. The molecule has 46 heavy (non-hydrogen) atoms. The summed E-state index contributed by atoms with van der Waals surface area (Å²) in [6.45, 7) is 7.67. The molecule has 0 amide bonds. The molecule has 0 spiro atoms. The molecule has 5 rings (SSSR count). The Morgan fingerprint density at radius 1 is 1.13 bits per heavy atom. The molecule has 1 aromatic heterocycles. The second-order valence-corrected chi connectivity index (χ2v) is 13.9. The second kappa shape index (κ2) is 14.5. The van der Waals surface area contributed by atoms with E-state index in [1.54, 1.807) is 36.6 Å². The third-order valence-electron chi connectivity index (χ3n) is 6.92. The number of nitrogens with zero attached hydrogens (tertiary/aromatic N) is 3. The first-order valence-corrected chi connectivity index (χ1v) is 17.3. The molecule has 13 heteroatoms. The van der Waals surface area contributed by atoms with Crippen LogP contribution in [-0.4, -0.2) is 28.2 Å². The molecule has 0 radical (unpaired) electrons. The number of para-hydroxylation sites is 1. The summed E-state index contributed by atoms with van der Waals surface area (Å²) in [5.41, 5.74) is 2.60. The fraction of sp³-hybridized carbons (Fsp3) is 0.242. The Labute approximate surface area is 295 Å². The number of nitro benzene ring substituents is 1. The van der Waals surface area contributed by atoms with Gasteiger partial charge in [0, 0.05) is 17.7 Å². The minimum Gasteiger partial charge on any atom is -0.491 e. The largest absolute Gasteiger partial charge is 0.491 e. The maximum Gasteiger partial charge on any atom is 0.338 e.